The molecule has 0 aliphatic heterocycles. The molecule has 4 aliphatic carbocycles. The smallest absolute Gasteiger partial charge is 0.302 e. The highest BCUT2D eigenvalue weighted by molar-refractivity contribution is 5.66. The van der Waals surface area contributed by atoms with Crippen LogP contribution in [0.5, 0.6) is 0 Å². The van der Waals surface area contributed by atoms with Crippen LogP contribution in [0.4, 0.5) is 0 Å². The van der Waals surface area contributed by atoms with Gasteiger partial charge in [0.05, 0.1) is 0 Å². The van der Waals surface area contributed by atoms with Gasteiger partial charge in [0.1, 0.15) is 12.2 Å². The van der Waals surface area contributed by atoms with Crippen molar-refractivity contribution >= 4 is 11.9 Å². The van der Waals surface area contributed by atoms with Gasteiger partial charge in [-0.25, -0.2) is 0 Å². The highest BCUT2D eigenvalue weighted by atomic mass is 16.5. The highest BCUT2D eigenvalue weighted by Crippen LogP contribution is 2.67. The van der Waals surface area contributed by atoms with Crippen molar-refractivity contribution in [2.75, 3.05) is 0 Å². The summed E-state index contributed by atoms with van der Waals surface area (Å²) >= 11 is 0. The molecule has 0 heterocycles. The Morgan fingerprint density at radius 1 is 0.966 bits per heavy atom. The number of rotatable bonds is 2. The molecular weight excluding hydrogens is 364 g/mol. The number of ether oxygens (including phenoxy) is 2. The van der Waals surface area contributed by atoms with Crippen molar-refractivity contribution in [3.05, 3.63) is 11.1 Å². The molecule has 4 heteroatoms. The Balaban J connectivity index is 1.65. The van der Waals surface area contributed by atoms with Gasteiger partial charge in [-0.05, 0) is 74.5 Å². The molecule has 0 aromatic rings. The van der Waals surface area contributed by atoms with Gasteiger partial charge >= 0.3 is 11.9 Å². The van der Waals surface area contributed by atoms with Crippen molar-refractivity contribution < 1.29 is 19.1 Å². The fraction of sp³-hybridized carbons (Fsp3) is 0.840. The number of carbonyl (C=O) groups is 2. The standard InChI is InChI=1S/C25H38O4/c1-14-11-19-20-7-8-23(29-17(4)27)24(20,5)10-9-21(19)25(6)15(2)12-18(13-22(14)25)28-16(3)26/h15,18-21,23H,7-13H2,1-6H3/t15-,18+,19+,20+,21+,23+,24+,25-/m1/s1. The van der Waals surface area contributed by atoms with Crippen LogP contribution in [0.15, 0.2) is 11.1 Å². The topological polar surface area (TPSA) is 52.6 Å². The number of hydrogen-bond donors (Lipinski definition) is 0. The van der Waals surface area contributed by atoms with E-state index in [-0.39, 0.29) is 35.0 Å². The van der Waals surface area contributed by atoms with E-state index in [4.69, 9.17) is 9.47 Å². The fourth-order valence-corrected chi connectivity index (χ4v) is 8.15. The minimum atomic E-state index is -0.159. The van der Waals surface area contributed by atoms with Gasteiger partial charge in [0.2, 0.25) is 0 Å². The lowest BCUT2D eigenvalue weighted by Gasteiger charge is -2.60. The monoisotopic (exact) mass is 402 g/mol. The van der Waals surface area contributed by atoms with Gasteiger partial charge in [0, 0.05) is 25.7 Å². The lowest BCUT2D eigenvalue weighted by molar-refractivity contribution is -0.158. The minimum Gasteiger partial charge on any atom is -0.462 e. The highest BCUT2D eigenvalue weighted by Gasteiger charge is 2.61. The Hall–Kier alpha value is -1.32. The van der Waals surface area contributed by atoms with Crippen LogP contribution in [0, 0.1) is 34.5 Å². The Bertz CT molecular complexity index is 739. The van der Waals surface area contributed by atoms with Crippen LogP contribution in [-0.4, -0.2) is 24.1 Å². The quantitative estimate of drug-likeness (QED) is 0.455. The van der Waals surface area contributed by atoms with Crippen LogP contribution in [0.3, 0.4) is 0 Å². The zero-order valence-electron chi connectivity index (χ0n) is 19.0. The molecule has 0 unspecified atom stereocenters. The molecule has 8 atom stereocenters. The zero-order valence-corrected chi connectivity index (χ0v) is 19.0. The first kappa shape index (κ1) is 20.9. The second kappa shape index (κ2) is 7.13. The van der Waals surface area contributed by atoms with E-state index in [0.29, 0.717) is 23.7 Å². The third kappa shape index (κ3) is 3.16. The maximum atomic E-state index is 11.7. The average Bonchev–Trinajstić information content (AvgIpc) is 2.93. The van der Waals surface area contributed by atoms with E-state index in [9.17, 15) is 9.59 Å². The van der Waals surface area contributed by atoms with Crippen molar-refractivity contribution in [3.8, 4) is 0 Å². The number of esters is 2. The average molecular weight is 403 g/mol. The van der Waals surface area contributed by atoms with Crippen LogP contribution >= 0.6 is 0 Å². The predicted octanol–water partition coefficient (Wildman–Crippen LogP) is 5.45. The largest absolute Gasteiger partial charge is 0.462 e. The molecule has 3 saturated carbocycles. The first-order valence-corrected chi connectivity index (χ1v) is 11.6. The zero-order chi connectivity index (χ0) is 21.1. The molecule has 0 aromatic carbocycles. The molecule has 4 aliphatic rings. The maximum absolute atomic E-state index is 11.7. The summed E-state index contributed by atoms with van der Waals surface area (Å²) in [5.74, 6) is 2.21. The number of allylic oxidation sites excluding steroid dienone is 1. The molecule has 0 bridgehead atoms. The summed E-state index contributed by atoms with van der Waals surface area (Å²) < 4.78 is 11.4. The third-order valence-corrected chi connectivity index (χ3v) is 9.54. The van der Waals surface area contributed by atoms with Crippen LogP contribution in [0.1, 0.15) is 86.5 Å². The van der Waals surface area contributed by atoms with Gasteiger partial charge < -0.3 is 9.47 Å². The van der Waals surface area contributed by atoms with Crippen molar-refractivity contribution in [1.29, 1.82) is 0 Å². The lowest BCUT2D eigenvalue weighted by Crippen LogP contribution is -2.54. The molecule has 3 fully saturated rings. The Kier molecular flexibility index (Phi) is 5.15. The van der Waals surface area contributed by atoms with Crippen LogP contribution in [0.2, 0.25) is 0 Å². The first-order chi connectivity index (χ1) is 13.6. The lowest BCUT2D eigenvalue weighted by atomic mass is 9.45. The maximum Gasteiger partial charge on any atom is 0.302 e. The molecule has 162 valence electrons. The SMILES string of the molecule is CC(=O)O[C@@H]1CC2=C(C)C[C@H]3[C@@H]4CC[C@H](OC(C)=O)[C@@]4(C)CC[C@@H]3[C@@]2(C)[C@H](C)C1. The molecular formula is C25H38O4. The van der Waals surface area contributed by atoms with Crippen LogP contribution in [0.25, 0.3) is 0 Å². The summed E-state index contributed by atoms with van der Waals surface area (Å²) in [4.78, 5) is 23.2. The molecule has 0 N–H and O–H groups in total. The Labute approximate surface area is 175 Å². The van der Waals surface area contributed by atoms with Crippen LogP contribution < -0.4 is 0 Å². The molecule has 0 saturated heterocycles. The van der Waals surface area contributed by atoms with Crippen molar-refractivity contribution in [1.82, 2.24) is 0 Å². The minimum absolute atomic E-state index is 0.0331. The van der Waals surface area contributed by atoms with E-state index in [1.807, 2.05) is 0 Å². The van der Waals surface area contributed by atoms with E-state index in [1.54, 1.807) is 12.5 Å². The van der Waals surface area contributed by atoms with E-state index in [0.717, 1.165) is 32.1 Å². The molecule has 0 radical (unpaired) electrons. The molecule has 4 rings (SSSR count). The Morgan fingerprint density at radius 3 is 2.31 bits per heavy atom. The summed E-state index contributed by atoms with van der Waals surface area (Å²) in [5, 5.41) is 0. The van der Waals surface area contributed by atoms with Crippen molar-refractivity contribution in [2.24, 2.45) is 34.5 Å². The van der Waals surface area contributed by atoms with Gasteiger partial charge in [-0.2, -0.15) is 0 Å². The van der Waals surface area contributed by atoms with Gasteiger partial charge in [-0.15, -0.1) is 0 Å². The van der Waals surface area contributed by atoms with Gasteiger partial charge in [-0.1, -0.05) is 31.9 Å². The van der Waals surface area contributed by atoms with Gasteiger partial charge in [-0.3, -0.25) is 9.59 Å². The van der Waals surface area contributed by atoms with E-state index in [2.05, 4.69) is 27.7 Å². The molecule has 0 amide bonds. The summed E-state index contributed by atoms with van der Waals surface area (Å²) in [5.41, 5.74) is 3.42. The van der Waals surface area contributed by atoms with E-state index in [1.165, 1.54) is 25.3 Å². The molecule has 0 spiro atoms. The number of hydrogen-bond acceptors (Lipinski definition) is 4. The van der Waals surface area contributed by atoms with Gasteiger partial charge in [0.15, 0.2) is 0 Å². The normalized spacial score (nSPS) is 46.4. The summed E-state index contributed by atoms with van der Waals surface area (Å²) in [6.07, 6.45) is 7.71. The van der Waals surface area contributed by atoms with Crippen molar-refractivity contribution in [2.45, 2.75) is 98.7 Å². The summed E-state index contributed by atoms with van der Waals surface area (Å²) in [6, 6.07) is 0. The van der Waals surface area contributed by atoms with E-state index >= 15 is 0 Å². The van der Waals surface area contributed by atoms with Crippen LogP contribution in [-0.2, 0) is 19.1 Å². The van der Waals surface area contributed by atoms with Gasteiger partial charge in [0.25, 0.3) is 0 Å². The number of carbonyl (C=O) groups excluding carboxylic acids is 2. The summed E-state index contributed by atoms with van der Waals surface area (Å²) in [7, 11) is 0. The first-order valence-electron chi connectivity index (χ1n) is 11.6. The second-order valence-electron chi connectivity index (χ2n) is 10.9. The summed E-state index contributed by atoms with van der Waals surface area (Å²) in [6.45, 7) is 12.6. The third-order valence-electron chi connectivity index (χ3n) is 9.54. The molecule has 29 heavy (non-hydrogen) atoms. The molecule has 4 nitrogen and oxygen atoms in total. The van der Waals surface area contributed by atoms with Crippen molar-refractivity contribution in [3.63, 3.8) is 0 Å². The molecule has 0 aromatic heterocycles. The predicted molar refractivity (Wildman–Crippen MR) is 112 cm³/mol. The Morgan fingerprint density at radius 2 is 1.66 bits per heavy atom. The fourth-order valence-electron chi connectivity index (χ4n) is 8.15. The second-order valence-corrected chi connectivity index (χ2v) is 10.9. The number of fused-ring (bicyclic) bond motifs is 5. The van der Waals surface area contributed by atoms with E-state index < -0.39 is 0 Å².